The molecule has 2 fully saturated rings. The molecule has 2 rings (SSSR count). The molecule has 0 radical (unpaired) electrons. The maximum Gasteiger partial charge on any atom is 0.212 e. The van der Waals surface area contributed by atoms with Gasteiger partial charge in [0.25, 0.3) is 0 Å². The molecule has 1 aliphatic heterocycles. The Bertz CT molecular complexity index is 322. The van der Waals surface area contributed by atoms with E-state index < -0.39 is 10.0 Å². The van der Waals surface area contributed by atoms with Crippen LogP contribution >= 0.6 is 11.8 Å². The molecule has 1 atom stereocenters. The smallest absolute Gasteiger partial charge is 0.212 e. The van der Waals surface area contributed by atoms with Gasteiger partial charge in [-0.1, -0.05) is 6.42 Å². The van der Waals surface area contributed by atoms with Gasteiger partial charge >= 0.3 is 0 Å². The van der Waals surface area contributed by atoms with Crippen LogP contribution in [0.15, 0.2) is 0 Å². The van der Waals surface area contributed by atoms with Gasteiger partial charge in [-0.05, 0) is 31.4 Å². The summed E-state index contributed by atoms with van der Waals surface area (Å²) in [4.78, 5) is 0. The summed E-state index contributed by atoms with van der Waals surface area (Å²) in [5.74, 6) is 1.39. The first kappa shape index (κ1) is 13.6. The zero-order valence-electron chi connectivity index (χ0n) is 10.2. The number of hydrogen-bond donors (Lipinski definition) is 2. The van der Waals surface area contributed by atoms with Gasteiger partial charge in [0.1, 0.15) is 0 Å². The van der Waals surface area contributed by atoms with Crippen LogP contribution in [-0.2, 0) is 10.0 Å². The van der Waals surface area contributed by atoms with Crippen molar-refractivity contribution in [1.82, 2.24) is 10.0 Å². The maximum absolute atomic E-state index is 11.7. The van der Waals surface area contributed by atoms with E-state index >= 15 is 0 Å². The van der Waals surface area contributed by atoms with Crippen LogP contribution in [0, 0.1) is 0 Å². The second-order valence-electron chi connectivity index (χ2n) is 4.88. The van der Waals surface area contributed by atoms with Gasteiger partial charge in [0.05, 0.1) is 5.75 Å². The first-order chi connectivity index (χ1) is 8.16. The Hall–Kier alpha value is 0.220. The molecule has 0 aromatic rings. The minimum absolute atomic E-state index is 0.209. The number of rotatable bonds is 7. The lowest BCUT2D eigenvalue weighted by Gasteiger charge is -2.21. The minimum atomic E-state index is -3.07. The Morgan fingerprint density at radius 2 is 2.00 bits per heavy atom. The lowest BCUT2D eigenvalue weighted by molar-refractivity contribution is 0.569. The van der Waals surface area contributed by atoms with Crippen LogP contribution in [0.3, 0.4) is 0 Å². The molecule has 100 valence electrons. The van der Waals surface area contributed by atoms with Crippen LogP contribution in [-0.4, -0.2) is 44.3 Å². The van der Waals surface area contributed by atoms with E-state index in [1.807, 2.05) is 11.8 Å². The highest BCUT2D eigenvalue weighted by Gasteiger charge is 2.21. The summed E-state index contributed by atoms with van der Waals surface area (Å²) in [7, 11) is -3.07. The summed E-state index contributed by atoms with van der Waals surface area (Å²) >= 11 is 1.90. The highest BCUT2D eigenvalue weighted by molar-refractivity contribution is 8.00. The molecule has 0 aromatic heterocycles. The fourth-order valence-corrected chi connectivity index (χ4v) is 4.28. The third-order valence-electron chi connectivity index (χ3n) is 3.19. The Morgan fingerprint density at radius 1 is 1.18 bits per heavy atom. The van der Waals surface area contributed by atoms with Crippen molar-refractivity contribution in [2.24, 2.45) is 0 Å². The fraction of sp³-hybridized carbons (Fsp3) is 1.00. The molecule has 1 heterocycles. The van der Waals surface area contributed by atoms with Gasteiger partial charge in [0.2, 0.25) is 10.0 Å². The molecule has 0 aromatic carbocycles. The van der Waals surface area contributed by atoms with E-state index in [0.717, 1.165) is 6.42 Å². The second-order valence-corrected chi connectivity index (χ2v) is 8.22. The zero-order valence-corrected chi connectivity index (χ0v) is 11.8. The van der Waals surface area contributed by atoms with Crippen LogP contribution < -0.4 is 10.0 Å². The van der Waals surface area contributed by atoms with E-state index in [-0.39, 0.29) is 5.75 Å². The quantitative estimate of drug-likeness (QED) is 0.728. The maximum atomic E-state index is 11.7. The molecule has 1 saturated carbocycles. The summed E-state index contributed by atoms with van der Waals surface area (Å²) in [5.41, 5.74) is 0. The molecule has 2 aliphatic rings. The van der Waals surface area contributed by atoms with Crippen LogP contribution in [0.25, 0.3) is 0 Å². The van der Waals surface area contributed by atoms with Crippen molar-refractivity contribution in [3.63, 3.8) is 0 Å². The highest BCUT2D eigenvalue weighted by Crippen LogP contribution is 2.24. The van der Waals surface area contributed by atoms with Crippen LogP contribution in [0.1, 0.15) is 32.1 Å². The van der Waals surface area contributed by atoms with Gasteiger partial charge in [0, 0.05) is 24.4 Å². The first-order valence-electron chi connectivity index (χ1n) is 6.48. The lowest BCUT2D eigenvalue weighted by Crippen LogP contribution is -2.36. The number of thioether (sulfide) groups is 1. The highest BCUT2D eigenvalue weighted by atomic mass is 32.2. The van der Waals surface area contributed by atoms with Gasteiger partial charge in [0.15, 0.2) is 0 Å². The van der Waals surface area contributed by atoms with Gasteiger partial charge in [-0.25, -0.2) is 13.1 Å². The molecule has 1 saturated heterocycles. The average Bonchev–Trinajstić information content (AvgIpc) is 3.12. The summed E-state index contributed by atoms with van der Waals surface area (Å²) in [5, 5.41) is 3.71. The topological polar surface area (TPSA) is 58.2 Å². The molecule has 0 spiro atoms. The normalized spacial score (nSPS) is 26.0. The van der Waals surface area contributed by atoms with E-state index in [1.54, 1.807) is 0 Å². The van der Waals surface area contributed by atoms with Gasteiger partial charge in [-0.3, -0.25) is 0 Å². The summed E-state index contributed by atoms with van der Waals surface area (Å²) < 4.78 is 26.2. The van der Waals surface area contributed by atoms with Gasteiger partial charge in [-0.2, -0.15) is 11.8 Å². The fourth-order valence-electron chi connectivity index (χ4n) is 1.95. The molecular formula is C11H22N2O2S2. The van der Waals surface area contributed by atoms with Gasteiger partial charge in [-0.15, -0.1) is 0 Å². The summed E-state index contributed by atoms with van der Waals surface area (Å²) in [6, 6.07) is 0.583. The first-order valence-corrected chi connectivity index (χ1v) is 9.18. The Labute approximate surface area is 108 Å². The monoisotopic (exact) mass is 278 g/mol. The predicted molar refractivity (Wildman–Crippen MR) is 72.9 cm³/mol. The van der Waals surface area contributed by atoms with Crippen molar-refractivity contribution in [2.45, 2.75) is 43.4 Å². The standard InChI is InChI=1S/C11H22N2O2S2/c14-17(15,8-6-12-10-4-5-10)13-9-11-3-1-2-7-16-11/h10-13H,1-9H2. The Morgan fingerprint density at radius 3 is 2.65 bits per heavy atom. The van der Waals surface area contributed by atoms with Crippen molar-refractivity contribution >= 4 is 21.8 Å². The van der Waals surface area contributed by atoms with Crippen LogP contribution in [0.5, 0.6) is 0 Å². The zero-order chi connectivity index (χ0) is 12.1. The molecule has 1 unspecified atom stereocenters. The molecule has 2 N–H and O–H groups in total. The molecule has 17 heavy (non-hydrogen) atoms. The largest absolute Gasteiger partial charge is 0.313 e. The molecule has 0 amide bonds. The molecule has 0 bridgehead atoms. The SMILES string of the molecule is O=S(=O)(CCNC1CC1)NCC1CCCCS1. The second kappa shape index (κ2) is 6.41. The van der Waals surface area contributed by atoms with E-state index in [1.165, 1.54) is 31.4 Å². The molecule has 4 nitrogen and oxygen atoms in total. The van der Waals surface area contributed by atoms with Crippen molar-refractivity contribution in [1.29, 1.82) is 0 Å². The number of nitrogens with one attached hydrogen (secondary N) is 2. The Kier molecular flexibility index (Phi) is 5.14. The Balaban J connectivity index is 1.61. The molecule has 1 aliphatic carbocycles. The van der Waals surface area contributed by atoms with Crippen molar-refractivity contribution in [2.75, 3.05) is 24.6 Å². The van der Waals surface area contributed by atoms with E-state index in [2.05, 4.69) is 10.0 Å². The van der Waals surface area contributed by atoms with Crippen molar-refractivity contribution in [3.05, 3.63) is 0 Å². The van der Waals surface area contributed by atoms with Crippen LogP contribution in [0.2, 0.25) is 0 Å². The van der Waals surface area contributed by atoms with E-state index in [4.69, 9.17) is 0 Å². The third kappa shape index (κ3) is 5.59. The van der Waals surface area contributed by atoms with E-state index in [9.17, 15) is 8.42 Å². The summed E-state index contributed by atoms with van der Waals surface area (Å²) in [6.07, 6.45) is 6.06. The predicted octanol–water partition coefficient (Wildman–Crippen LogP) is 0.943. The molecule has 6 heteroatoms. The molecular weight excluding hydrogens is 256 g/mol. The van der Waals surface area contributed by atoms with Crippen molar-refractivity contribution in [3.8, 4) is 0 Å². The summed E-state index contributed by atoms with van der Waals surface area (Å²) in [6.45, 7) is 1.19. The van der Waals surface area contributed by atoms with Crippen LogP contribution in [0.4, 0.5) is 0 Å². The average molecular weight is 278 g/mol. The van der Waals surface area contributed by atoms with Gasteiger partial charge < -0.3 is 5.32 Å². The van der Waals surface area contributed by atoms with Crippen molar-refractivity contribution < 1.29 is 8.42 Å². The minimum Gasteiger partial charge on any atom is -0.313 e. The number of sulfonamides is 1. The third-order valence-corrected chi connectivity index (χ3v) is 5.93. The number of hydrogen-bond acceptors (Lipinski definition) is 4. The lowest BCUT2D eigenvalue weighted by atomic mass is 10.2. The van der Waals surface area contributed by atoms with E-state index in [0.29, 0.717) is 24.4 Å².